The van der Waals surface area contributed by atoms with Gasteiger partial charge in [-0.3, -0.25) is 0 Å². The quantitative estimate of drug-likeness (QED) is 0.824. The Morgan fingerprint density at radius 2 is 2.14 bits per heavy atom. The summed E-state index contributed by atoms with van der Waals surface area (Å²) in [6.45, 7) is -0.253. The normalized spacial score (nSPS) is 11.6. The van der Waals surface area contributed by atoms with Gasteiger partial charge < -0.3 is 9.67 Å². The van der Waals surface area contributed by atoms with Gasteiger partial charge in [-0.1, -0.05) is 0 Å². The number of carboxylic acids is 1. The molecular formula is C8H8F3NO2. The molecule has 0 saturated heterocycles. The SMILES string of the molecule is O=C(O)c1ccn(CCC(F)(F)F)c1. The first kappa shape index (κ1) is 10.6. The van der Waals surface area contributed by atoms with Crippen LogP contribution in [0.15, 0.2) is 18.5 Å². The highest BCUT2D eigenvalue weighted by Gasteiger charge is 2.26. The minimum Gasteiger partial charge on any atom is -0.478 e. The number of carbonyl (C=O) groups is 1. The van der Waals surface area contributed by atoms with Gasteiger partial charge in [0.1, 0.15) is 0 Å². The van der Waals surface area contributed by atoms with Crippen molar-refractivity contribution in [1.82, 2.24) is 4.57 Å². The third-order valence-corrected chi connectivity index (χ3v) is 1.65. The minimum atomic E-state index is -4.21. The fourth-order valence-electron chi connectivity index (χ4n) is 0.962. The lowest BCUT2D eigenvalue weighted by Gasteiger charge is -2.06. The molecule has 1 aromatic heterocycles. The van der Waals surface area contributed by atoms with Gasteiger partial charge in [-0.25, -0.2) is 4.79 Å². The molecule has 1 heterocycles. The Morgan fingerprint density at radius 3 is 2.57 bits per heavy atom. The number of hydrogen-bond donors (Lipinski definition) is 1. The van der Waals surface area contributed by atoms with Crippen molar-refractivity contribution in [2.75, 3.05) is 0 Å². The number of aryl methyl sites for hydroxylation is 1. The molecule has 14 heavy (non-hydrogen) atoms. The van der Waals surface area contributed by atoms with Crippen LogP contribution in [0.1, 0.15) is 16.8 Å². The Balaban J connectivity index is 2.56. The van der Waals surface area contributed by atoms with Crippen molar-refractivity contribution in [3.05, 3.63) is 24.0 Å². The molecule has 1 rings (SSSR count). The summed E-state index contributed by atoms with van der Waals surface area (Å²) in [7, 11) is 0. The molecule has 0 spiro atoms. The van der Waals surface area contributed by atoms with Gasteiger partial charge in [-0.05, 0) is 6.07 Å². The molecule has 78 valence electrons. The van der Waals surface area contributed by atoms with E-state index in [2.05, 4.69) is 0 Å². The second kappa shape index (κ2) is 3.73. The molecule has 0 amide bonds. The van der Waals surface area contributed by atoms with Gasteiger partial charge in [0.05, 0.1) is 12.0 Å². The third kappa shape index (κ3) is 3.12. The Morgan fingerprint density at radius 1 is 1.50 bits per heavy atom. The molecule has 3 nitrogen and oxygen atoms in total. The van der Waals surface area contributed by atoms with Crippen molar-refractivity contribution in [2.24, 2.45) is 0 Å². The summed E-state index contributed by atoms with van der Waals surface area (Å²) in [6.07, 6.45) is -2.68. The van der Waals surface area contributed by atoms with Crippen molar-refractivity contribution >= 4 is 5.97 Å². The first-order chi connectivity index (χ1) is 6.38. The van der Waals surface area contributed by atoms with Crippen LogP contribution in [-0.4, -0.2) is 21.8 Å². The second-order valence-corrected chi connectivity index (χ2v) is 2.81. The maximum Gasteiger partial charge on any atom is 0.390 e. The lowest BCUT2D eigenvalue weighted by atomic mass is 10.3. The van der Waals surface area contributed by atoms with Crippen LogP contribution in [0.25, 0.3) is 0 Å². The molecule has 0 saturated carbocycles. The summed E-state index contributed by atoms with van der Waals surface area (Å²) in [5.41, 5.74) is -0.00725. The van der Waals surface area contributed by atoms with Crippen LogP contribution < -0.4 is 0 Å². The van der Waals surface area contributed by atoms with Crippen molar-refractivity contribution in [3.63, 3.8) is 0 Å². The Bertz CT molecular complexity index is 330. The monoisotopic (exact) mass is 207 g/mol. The molecule has 0 aliphatic rings. The van der Waals surface area contributed by atoms with E-state index in [1.165, 1.54) is 23.0 Å². The lowest BCUT2D eigenvalue weighted by Crippen LogP contribution is -2.11. The topological polar surface area (TPSA) is 42.2 Å². The van der Waals surface area contributed by atoms with E-state index in [4.69, 9.17) is 5.11 Å². The highest BCUT2D eigenvalue weighted by Crippen LogP contribution is 2.20. The van der Waals surface area contributed by atoms with Crippen molar-refractivity contribution < 1.29 is 23.1 Å². The third-order valence-electron chi connectivity index (χ3n) is 1.65. The van der Waals surface area contributed by atoms with Gasteiger partial charge in [0.15, 0.2) is 0 Å². The van der Waals surface area contributed by atoms with Crippen molar-refractivity contribution in [2.45, 2.75) is 19.1 Å². The van der Waals surface area contributed by atoms with Gasteiger partial charge in [0, 0.05) is 18.9 Å². The average Bonchev–Trinajstić information content (AvgIpc) is 2.47. The Hall–Kier alpha value is -1.46. The molecule has 1 aromatic rings. The van der Waals surface area contributed by atoms with E-state index in [9.17, 15) is 18.0 Å². The van der Waals surface area contributed by atoms with Crippen LogP contribution in [0.5, 0.6) is 0 Å². The lowest BCUT2D eigenvalue weighted by molar-refractivity contribution is -0.136. The summed E-state index contributed by atoms with van der Waals surface area (Å²) in [5, 5.41) is 8.49. The van der Waals surface area contributed by atoms with Crippen LogP contribution in [0.2, 0.25) is 0 Å². The zero-order valence-corrected chi connectivity index (χ0v) is 7.08. The average molecular weight is 207 g/mol. The van der Waals surface area contributed by atoms with Gasteiger partial charge >= 0.3 is 12.1 Å². The van der Waals surface area contributed by atoms with E-state index >= 15 is 0 Å². The van der Waals surface area contributed by atoms with E-state index in [-0.39, 0.29) is 12.1 Å². The van der Waals surface area contributed by atoms with Gasteiger partial charge in [-0.2, -0.15) is 13.2 Å². The van der Waals surface area contributed by atoms with Crippen molar-refractivity contribution in [3.8, 4) is 0 Å². The number of rotatable bonds is 3. The summed E-state index contributed by atoms with van der Waals surface area (Å²) < 4.78 is 36.5. The molecule has 0 aliphatic heterocycles. The number of carboxylic acid groups (broad SMARTS) is 1. The second-order valence-electron chi connectivity index (χ2n) is 2.81. The molecule has 0 aromatic carbocycles. The Labute approximate surface area is 77.8 Å². The van der Waals surface area contributed by atoms with E-state index in [1.807, 2.05) is 0 Å². The molecule has 0 radical (unpaired) electrons. The highest BCUT2D eigenvalue weighted by atomic mass is 19.4. The molecule has 0 bridgehead atoms. The molecule has 6 heteroatoms. The molecule has 0 unspecified atom stereocenters. The van der Waals surface area contributed by atoms with Crippen LogP contribution >= 0.6 is 0 Å². The Kier molecular flexibility index (Phi) is 2.83. The molecule has 1 N–H and O–H groups in total. The minimum absolute atomic E-state index is 0.00725. The fraction of sp³-hybridized carbons (Fsp3) is 0.375. The predicted octanol–water partition coefficient (Wildman–Crippen LogP) is 2.14. The van der Waals surface area contributed by atoms with E-state index < -0.39 is 18.6 Å². The summed E-state index contributed by atoms with van der Waals surface area (Å²) in [6, 6.07) is 1.26. The van der Waals surface area contributed by atoms with Gasteiger partial charge in [0.25, 0.3) is 0 Å². The maximum absolute atomic E-state index is 11.8. The maximum atomic E-state index is 11.8. The number of alkyl halides is 3. The smallest absolute Gasteiger partial charge is 0.390 e. The van der Waals surface area contributed by atoms with Gasteiger partial charge in [-0.15, -0.1) is 0 Å². The summed E-state index contributed by atoms with van der Waals surface area (Å²) in [4.78, 5) is 10.4. The van der Waals surface area contributed by atoms with Gasteiger partial charge in [0.2, 0.25) is 0 Å². The molecule has 0 fully saturated rings. The molecule has 0 atom stereocenters. The van der Waals surface area contributed by atoms with Crippen LogP contribution in [0.3, 0.4) is 0 Å². The summed E-state index contributed by atoms with van der Waals surface area (Å²) >= 11 is 0. The fourth-order valence-corrected chi connectivity index (χ4v) is 0.962. The zero-order chi connectivity index (χ0) is 10.8. The van der Waals surface area contributed by atoms with E-state index in [1.54, 1.807) is 0 Å². The highest BCUT2D eigenvalue weighted by molar-refractivity contribution is 5.87. The number of nitrogens with zero attached hydrogens (tertiary/aromatic N) is 1. The summed E-state index contributed by atoms with van der Waals surface area (Å²) in [5.74, 6) is -1.14. The van der Waals surface area contributed by atoms with Crippen LogP contribution in [-0.2, 0) is 6.54 Å². The van der Waals surface area contributed by atoms with Crippen molar-refractivity contribution in [1.29, 1.82) is 0 Å². The molecule has 0 aliphatic carbocycles. The first-order valence-electron chi connectivity index (χ1n) is 3.84. The largest absolute Gasteiger partial charge is 0.478 e. The first-order valence-corrected chi connectivity index (χ1v) is 3.84. The van der Waals surface area contributed by atoms with E-state index in [0.717, 1.165) is 0 Å². The number of halogens is 3. The van der Waals surface area contributed by atoms with E-state index in [0.29, 0.717) is 0 Å². The number of aromatic carboxylic acids is 1. The molecular weight excluding hydrogens is 199 g/mol. The number of aromatic nitrogens is 1. The van der Waals surface area contributed by atoms with Crippen LogP contribution in [0.4, 0.5) is 13.2 Å². The predicted molar refractivity (Wildman–Crippen MR) is 42.1 cm³/mol. The number of hydrogen-bond acceptors (Lipinski definition) is 1. The zero-order valence-electron chi connectivity index (χ0n) is 7.08. The standard InChI is InChI=1S/C8H8F3NO2/c9-8(10,11)2-4-12-3-1-6(5-12)7(13)14/h1,3,5H,2,4H2,(H,13,14). The van der Waals surface area contributed by atoms with Crippen LogP contribution in [0, 0.1) is 0 Å².